The highest BCUT2D eigenvalue weighted by Gasteiger charge is 2.13. The monoisotopic (exact) mass is 389 g/mol. The molecule has 0 spiro atoms. The lowest BCUT2D eigenvalue weighted by molar-refractivity contribution is 0.102. The minimum atomic E-state index is -0.263. The van der Waals surface area contributed by atoms with Crippen LogP contribution >= 0.6 is 15.9 Å². The second kappa shape index (κ2) is 6.16. The average molecular weight is 390 g/mol. The number of ether oxygens (including phenoxy) is 1. The Morgan fingerprint density at radius 2 is 1.79 bits per heavy atom. The first-order chi connectivity index (χ1) is 11.4. The Balaban J connectivity index is 1.96. The molecule has 3 rings (SSSR count). The Kier molecular flexibility index (Phi) is 4.19. The molecule has 0 atom stereocenters. The second-order valence-electron chi connectivity index (χ2n) is 5.40. The quantitative estimate of drug-likeness (QED) is 0.748. The van der Waals surface area contributed by atoms with Crippen molar-refractivity contribution in [2.45, 2.75) is 0 Å². The van der Waals surface area contributed by atoms with Crippen LogP contribution in [0, 0.1) is 0 Å². The normalized spacial score (nSPS) is 10.8. The third-order valence-corrected chi connectivity index (χ3v) is 4.64. The number of amides is 1. The summed E-state index contributed by atoms with van der Waals surface area (Å²) in [6.45, 7) is 0. The van der Waals surface area contributed by atoms with Crippen LogP contribution in [0.2, 0.25) is 0 Å². The highest BCUT2D eigenvalue weighted by atomic mass is 79.9. The van der Waals surface area contributed by atoms with E-state index in [2.05, 4.69) is 21.2 Å². The van der Waals surface area contributed by atoms with Crippen LogP contribution in [0.3, 0.4) is 0 Å². The first kappa shape index (κ1) is 16.3. The molecule has 7 heteroatoms. The molecule has 0 unspecified atom stereocenters. The molecular weight excluding hydrogens is 374 g/mol. The molecule has 0 aliphatic heterocycles. The standard InChI is InChI=1S/C17H16BrN3O3/c1-20-14-7-4-10(8-15(14)21(2)17(20)23)19-16(22)12-9-11(24-3)5-6-13(12)18/h4-9H,1-3H3,(H,19,22). The van der Waals surface area contributed by atoms with E-state index in [4.69, 9.17) is 4.74 Å². The summed E-state index contributed by atoms with van der Waals surface area (Å²) in [6, 6.07) is 10.6. The topological polar surface area (TPSA) is 65.3 Å². The molecule has 3 aromatic rings. The smallest absolute Gasteiger partial charge is 0.328 e. The van der Waals surface area contributed by atoms with Gasteiger partial charge in [0.05, 0.1) is 23.7 Å². The number of carbonyl (C=O) groups is 1. The van der Waals surface area contributed by atoms with Crippen LogP contribution in [0.4, 0.5) is 5.69 Å². The van der Waals surface area contributed by atoms with Gasteiger partial charge in [-0.1, -0.05) is 0 Å². The van der Waals surface area contributed by atoms with Gasteiger partial charge in [-0.2, -0.15) is 0 Å². The molecule has 1 heterocycles. The van der Waals surface area contributed by atoms with E-state index in [1.54, 1.807) is 60.7 Å². The summed E-state index contributed by atoms with van der Waals surface area (Å²) in [4.78, 5) is 24.5. The first-order valence-corrected chi connectivity index (χ1v) is 8.02. The molecule has 1 aromatic heterocycles. The van der Waals surface area contributed by atoms with Gasteiger partial charge in [0.1, 0.15) is 5.75 Å². The van der Waals surface area contributed by atoms with Crippen LogP contribution in [-0.4, -0.2) is 22.2 Å². The minimum absolute atomic E-state index is 0.107. The van der Waals surface area contributed by atoms with E-state index in [0.717, 1.165) is 11.0 Å². The van der Waals surface area contributed by atoms with Crippen LogP contribution < -0.4 is 15.7 Å². The van der Waals surface area contributed by atoms with Gasteiger partial charge in [-0.05, 0) is 52.3 Å². The number of nitrogens with zero attached hydrogens (tertiary/aromatic N) is 2. The average Bonchev–Trinajstić information content (AvgIpc) is 2.79. The number of hydrogen-bond donors (Lipinski definition) is 1. The highest BCUT2D eigenvalue weighted by molar-refractivity contribution is 9.10. The number of carbonyl (C=O) groups excluding carboxylic acids is 1. The molecule has 124 valence electrons. The largest absolute Gasteiger partial charge is 0.497 e. The molecule has 0 saturated heterocycles. The summed E-state index contributed by atoms with van der Waals surface area (Å²) in [5.74, 6) is 0.338. The fourth-order valence-electron chi connectivity index (χ4n) is 2.59. The van der Waals surface area contributed by atoms with Crippen molar-refractivity contribution in [1.82, 2.24) is 9.13 Å². The van der Waals surface area contributed by atoms with Crippen molar-refractivity contribution in [3.8, 4) is 5.75 Å². The van der Waals surface area contributed by atoms with E-state index in [0.29, 0.717) is 21.5 Å². The molecule has 0 fully saturated rings. The predicted octanol–water partition coefficient (Wildman–Crippen LogP) is 2.90. The number of fused-ring (bicyclic) bond motifs is 1. The Hall–Kier alpha value is -2.54. The zero-order valence-electron chi connectivity index (χ0n) is 13.5. The van der Waals surface area contributed by atoms with Crippen LogP contribution in [0.1, 0.15) is 10.4 Å². The van der Waals surface area contributed by atoms with Gasteiger partial charge in [-0.15, -0.1) is 0 Å². The Bertz CT molecular complexity index is 1000. The Morgan fingerprint density at radius 1 is 1.08 bits per heavy atom. The Labute approximate surface area is 146 Å². The number of benzene rings is 2. The van der Waals surface area contributed by atoms with Crippen molar-refractivity contribution in [1.29, 1.82) is 0 Å². The first-order valence-electron chi connectivity index (χ1n) is 7.22. The number of aromatic nitrogens is 2. The maximum absolute atomic E-state index is 12.5. The van der Waals surface area contributed by atoms with Gasteiger partial charge in [0.25, 0.3) is 5.91 Å². The summed E-state index contributed by atoms with van der Waals surface area (Å²) < 4.78 is 8.95. The van der Waals surface area contributed by atoms with Crippen LogP contribution in [0.15, 0.2) is 45.7 Å². The molecule has 2 aromatic carbocycles. The van der Waals surface area contributed by atoms with E-state index in [1.165, 1.54) is 0 Å². The lowest BCUT2D eigenvalue weighted by atomic mass is 10.2. The number of halogens is 1. The summed E-state index contributed by atoms with van der Waals surface area (Å²) >= 11 is 3.37. The molecule has 0 bridgehead atoms. The molecule has 1 N–H and O–H groups in total. The molecule has 0 radical (unpaired) electrons. The summed E-state index contributed by atoms with van der Waals surface area (Å²) in [6.07, 6.45) is 0. The number of aryl methyl sites for hydroxylation is 2. The zero-order valence-corrected chi connectivity index (χ0v) is 15.0. The van der Waals surface area contributed by atoms with Crippen molar-refractivity contribution < 1.29 is 9.53 Å². The number of nitrogens with one attached hydrogen (secondary N) is 1. The zero-order chi connectivity index (χ0) is 17.4. The fraction of sp³-hybridized carbons (Fsp3) is 0.176. The van der Waals surface area contributed by atoms with E-state index in [-0.39, 0.29) is 11.6 Å². The predicted molar refractivity (Wildman–Crippen MR) is 96.8 cm³/mol. The van der Waals surface area contributed by atoms with E-state index >= 15 is 0 Å². The summed E-state index contributed by atoms with van der Waals surface area (Å²) in [5.41, 5.74) is 2.54. The second-order valence-corrected chi connectivity index (χ2v) is 6.26. The van der Waals surface area contributed by atoms with Gasteiger partial charge in [-0.25, -0.2) is 4.79 Å². The van der Waals surface area contributed by atoms with Gasteiger partial charge in [0.2, 0.25) is 0 Å². The van der Waals surface area contributed by atoms with E-state index in [9.17, 15) is 9.59 Å². The molecule has 0 aliphatic carbocycles. The van der Waals surface area contributed by atoms with Crippen LogP contribution in [0.25, 0.3) is 11.0 Å². The third-order valence-electron chi connectivity index (χ3n) is 3.95. The van der Waals surface area contributed by atoms with Gasteiger partial charge in [0, 0.05) is 24.3 Å². The maximum atomic E-state index is 12.5. The lowest BCUT2D eigenvalue weighted by Crippen LogP contribution is -2.19. The molecule has 6 nitrogen and oxygen atoms in total. The number of rotatable bonds is 3. The minimum Gasteiger partial charge on any atom is -0.497 e. The SMILES string of the molecule is COc1ccc(Br)c(C(=O)Nc2ccc3c(c2)n(C)c(=O)n3C)c1. The summed E-state index contributed by atoms with van der Waals surface area (Å²) in [5, 5.41) is 2.85. The maximum Gasteiger partial charge on any atom is 0.328 e. The van der Waals surface area contributed by atoms with Crippen molar-refractivity contribution in [3.63, 3.8) is 0 Å². The molecule has 0 aliphatic rings. The van der Waals surface area contributed by atoms with Gasteiger partial charge in [-0.3, -0.25) is 13.9 Å². The fourth-order valence-corrected chi connectivity index (χ4v) is 3.02. The highest BCUT2D eigenvalue weighted by Crippen LogP contribution is 2.24. The Morgan fingerprint density at radius 3 is 2.50 bits per heavy atom. The molecule has 0 saturated carbocycles. The molecule has 1 amide bonds. The van der Waals surface area contributed by atoms with Gasteiger partial charge < -0.3 is 10.1 Å². The van der Waals surface area contributed by atoms with Gasteiger partial charge >= 0.3 is 5.69 Å². The van der Waals surface area contributed by atoms with Crippen LogP contribution in [0.5, 0.6) is 5.75 Å². The van der Waals surface area contributed by atoms with E-state index in [1.807, 2.05) is 6.07 Å². The summed E-state index contributed by atoms with van der Waals surface area (Å²) in [7, 11) is 4.97. The lowest BCUT2D eigenvalue weighted by Gasteiger charge is -2.09. The van der Waals surface area contributed by atoms with E-state index < -0.39 is 0 Å². The number of imidazole rings is 1. The van der Waals surface area contributed by atoms with Crippen LogP contribution in [-0.2, 0) is 14.1 Å². The molecule has 24 heavy (non-hydrogen) atoms. The van der Waals surface area contributed by atoms with Gasteiger partial charge in [0.15, 0.2) is 0 Å². The van der Waals surface area contributed by atoms with Crippen molar-refractivity contribution in [2.75, 3.05) is 12.4 Å². The third kappa shape index (κ3) is 2.71. The van der Waals surface area contributed by atoms with Crippen molar-refractivity contribution in [2.24, 2.45) is 14.1 Å². The molecular formula is C17H16BrN3O3. The van der Waals surface area contributed by atoms with Crippen molar-refractivity contribution >= 4 is 38.6 Å². The number of anilines is 1. The number of hydrogen-bond acceptors (Lipinski definition) is 3. The number of methoxy groups -OCH3 is 1. The van der Waals surface area contributed by atoms with Crippen molar-refractivity contribution in [3.05, 3.63) is 56.9 Å².